The number of aryl methyl sites for hydroxylation is 1. The van der Waals surface area contributed by atoms with Crippen molar-refractivity contribution in [2.24, 2.45) is 5.92 Å². The molecule has 2 rings (SSSR count). The molecule has 1 saturated carbocycles. The topological polar surface area (TPSA) is 49.3 Å². The Labute approximate surface area is 99.5 Å². The summed E-state index contributed by atoms with van der Waals surface area (Å²) in [5.74, 6) is -0.756. The highest BCUT2D eigenvalue weighted by atomic mass is 32.1. The van der Waals surface area contributed by atoms with Crippen molar-refractivity contribution in [3.63, 3.8) is 0 Å². The minimum absolute atomic E-state index is 0.123. The van der Waals surface area contributed by atoms with Crippen molar-refractivity contribution in [1.29, 1.82) is 0 Å². The second-order valence-corrected chi connectivity index (χ2v) is 5.38. The fraction of sp³-hybridized carbons (Fsp3) is 0.583. The summed E-state index contributed by atoms with van der Waals surface area (Å²) >= 11 is 1.72. The first-order valence-corrected chi connectivity index (χ1v) is 6.58. The maximum Gasteiger partial charge on any atom is 0.306 e. The Morgan fingerprint density at radius 1 is 1.44 bits per heavy atom. The average Bonchev–Trinajstić information content (AvgIpc) is 2.65. The van der Waals surface area contributed by atoms with Crippen LogP contribution in [0, 0.1) is 12.8 Å². The highest BCUT2D eigenvalue weighted by Gasteiger charge is 2.25. The molecule has 1 aliphatic rings. The third-order valence-electron chi connectivity index (χ3n) is 3.27. The third kappa shape index (κ3) is 2.55. The molecule has 88 valence electrons. The predicted molar refractivity (Wildman–Crippen MR) is 66.1 cm³/mol. The molecule has 0 amide bonds. The van der Waals surface area contributed by atoms with Crippen LogP contribution in [-0.4, -0.2) is 17.1 Å². The summed E-state index contributed by atoms with van der Waals surface area (Å²) in [5, 5.41) is 15.7. The standard InChI is InChI=1S/C12H17NO2S/c1-8-6-7-16-11(8)13-10-4-2-9(3-5-10)12(14)15/h6-7,9-10,13H,2-5H2,1H3,(H,14,15). The van der Waals surface area contributed by atoms with Gasteiger partial charge in [-0.2, -0.15) is 0 Å². The molecule has 1 aromatic rings. The fourth-order valence-corrected chi connectivity index (χ4v) is 3.09. The summed E-state index contributed by atoms with van der Waals surface area (Å²) in [7, 11) is 0. The zero-order chi connectivity index (χ0) is 11.5. The van der Waals surface area contributed by atoms with Crippen LogP contribution in [0.25, 0.3) is 0 Å². The van der Waals surface area contributed by atoms with Gasteiger partial charge in [0.2, 0.25) is 0 Å². The SMILES string of the molecule is Cc1ccsc1NC1CCC(C(=O)O)CC1. The smallest absolute Gasteiger partial charge is 0.306 e. The summed E-state index contributed by atoms with van der Waals surface area (Å²) < 4.78 is 0. The normalized spacial score (nSPS) is 25.3. The molecule has 0 aliphatic heterocycles. The van der Waals surface area contributed by atoms with Crippen molar-refractivity contribution in [2.75, 3.05) is 5.32 Å². The molecule has 0 spiro atoms. The Balaban J connectivity index is 1.86. The van der Waals surface area contributed by atoms with Gasteiger partial charge in [-0.1, -0.05) is 0 Å². The Hall–Kier alpha value is -1.03. The van der Waals surface area contributed by atoms with Crippen LogP contribution in [0.15, 0.2) is 11.4 Å². The van der Waals surface area contributed by atoms with Gasteiger partial charge in [0.15, 0.2) is 0 Å². The van der Waals surface area contributed by atoms with E-state index in [0.717, 1.165) is 25.7 Å². The Morgan fingerprint density at radius 3 is 2.62 bits per heavy atom. The van der Waals surface area contributed by atoms with Crippen LogP contribution in [0.4, 0.5) is 5.00 Å². The first-order chi connectivity index (χ1) is 7.66. The minimum atomic E-state index is -0.634. The molecule has 0 aromatic carbocycles. The van der Waals surface area contributed by atoms with E-state index in [4.69, 9.17) is 5.11 Å². The quantitative estimate of drug-likeness (QED) is 0.852. The molecular formula is C12H17NO2S. The Kier molecular flexibility index (Phi) is 3.49. The van der Waals surface area contributed by atoms with E-state index in [1.54, 1.807) is 11.3 Å². The summed E-state index contributed by atoms with van der Waals surface area (Å²) in [6.45, 7) is 2.10. The van der Waals surface area contributed by atoms with Crippen molar-refractivity contribution < 1.29 is 9.90 Å². The number of rotatable bonds is 3. The number of carboxylic acid groups (broad SMARTS) is 1. The molecule has 1 fully saturated rings. The van der Waals surface area contributed by atoms with Crippen molar-refractivity contribution in [3.8, 4) is 0 Å². The van der Waals surface area contributed by atoms with Crippen molar-refractivity contribution >= 4 is 22.3 Å². The minimum Gasteiger partial charge on any atom is -0.481 e. The molecule has 3 nitrogen and oxygen atoms in total. The third-order valence-corrected chi connectivity index (χ3v) is 4.22. The van der Waals surface area contributed by atoms with E-state index in [9.17, 15) is 4.79 Å². The van der Waals surface area contributed by atoms with E-state index in [1.165, 1.54) is 10.6 Å². The zero-order valence-corrected chi connectivity index (χ0v) is 10.2. The number of carboxylic acids is 1. The second kappa shape index (κ2) is 4.87. The first-order valence-electron chi connectivity index (χ1n) is 5.70. The molecule has 0 saturated heterocycles. The Morgan fingerprint density at radius 2 is 2.12 bits per heavy atom. The molecule has 2 N–H and O–H groups in total. The number of hydrogen-bond donors (Lipinski definition) is 2. The molecule has 1 aliphatic carbocycles. The number of nitrogens with one attached hydrogen (secondary N) is 1. The van der Waals surface area contributed by atoms with Gasteiger partial charge in [0.25, 0.3) is 0 Å². The van der Waals surface area contributed by atoms with Crippen LogP contribution in [-0.2, 0) is 4.79 Å². The zero-order valence-electron chi connectivity index (χ0n) is 9.40. The number of carbonyl (C=O) groups is 1. The van der Waals surface area contributed by atoms with Gasteiger partial charge >= 0.3 is 5.97 Å². The monoisotopic (exact) mass is 239 g/mol. The van der Waals surface area contributed by atoms with Crippen LogP contribution in [0.3, 0.4) is 0 Å². The van der Waals surface area contributed by atoms with E-state index in [-0.39, 0.29) is 5.92 Å². The number of thiophene rings is 1. The summed E-state index contributed by atoms with van der Waals surface area (Å²) in [4.78, 5) is 10.8. The lowest BCUT2D eigenvalue weighted by molar-refractivity contribution is -0.142. The average molecular weight is 239 g/mol. The Bertz CT molecular complexity index is 367. The van der Waals surface area contributed by atoms with Crippen LogP contribution in [0.5, 0.6) is 0 Å². The highest BCUT2D eigenvalue weighted by Crippen LogP contribution is 2.29. The summed E-state index contributed by atoms with van der Waals surface area (Å²) in [6, 6.07) is 2.56. The van der Waals surface area contributed by atoms with E-state index in [2.05, 4.69) is 23.7 Å². The van der Waals surface area contributed by atoms with Crippen LogP contribution >= 0.6 is 11.3 Å². The molecule has 0 radical (unpaired) electrons. The van der Waals surface area contributed by atoms with Gasteiger partial charge in [-0.3, -0.25) is 4.79 Å². The number of hydrogen-bond acceptors (Lipinski definition) is 3. The van der Waals surface area contributed by atoms with Crippen molar-refractivity contribution in [2.45, 2.75) is 38.6 Å². The summed E-state index contributed by atoms with van der Waals surface area (Å²) in [5.41, 5.74) is 1.28. The fourth-order valence-electron chi connectivity index (χ4n) is 2.19. The molecular weight excluding hydrogens is 222 g/mol. The first kappa shape index (κ1) is 11.5. The molecule has 4 heteroatoms. The maximum atomic E-state index is 10.8. The number of aliphatic carboxylic acids is 1. The van der Waals surface area contributed by atoms with Gasteiger partial charge < -0.3 is 10.4 Å². The van der Waals surface area contributed by atoms with Gasteiger partial charge in [0, 0.05) is 6.04 Å². The lowest BCUT2D eigenvalue weighted by Crippen LogP contribution is -2.29. The van der Waals surface area contributed by atoms with E-state index in [0.29, 0.717) is 6.04 Å². The largest absolute Gasteiger partial charge is 0.481 e. The molecule has 0 bridgehead atoms. The van der Waals surface area contributed by atoms with E-state index >= 15 is 0 Å². The molecule has 16 heavy (non-hydrogen) atoms. The van der Waals surface area contributed by atoms with Crippen LogP contribution in [0.1, 0.15) is 31.2 Å². The van der Waals surface area contributed by atoms with E-state index < -0.39 is 5.97 Å². The highest BCUT2D eigenvalue weighted by molar-refractivity contribution is 7.14. The second-order valence-electron chi connectivity index (χ2n) is 4.46. The molecule has 1 heterocycles. The number of anilines is 1. The van der Waals surface area contributed by atoms with Gasteiger partial charge in [-0.05, 0) is 49.6 Å². The predicted octanol–water partition coefficient (Wildman–Crippen LogP) is 3.11. The summed E-state index contributed by atoms with van der Waals surface area (Å²) in [6.07, 6.45) is 3.54. The molecule has 0 atom stereocenters. The van der Waals surface area contributed by atoms with Crippen LogP contribution in [0.2, 0.25) is 0 Å². The molecule has 1 aromatic heterocycles. The van der Waals surface area contributed by atoms with Crippen molar-refractivity contribution in [1.82, 2.24) is 0 Å². The van der Waals surface area contributed by atoms with E-state index in [1.807, 2.05) is 0 Å². The van der Waals surface area contributed by atoms with Gasteiger partial charge in [-0.15, -0.1) is 11.3 Å². The van der Waals surface area contributed by atoms with Gasteiger partial charge in [0.1, 0.15) is 0 Å². The maximum absolute atomic E-state index is 10.8. The van der Waals surface area contributed by atoms with Crippen molar-refractivity contribution in [3.05, 3.63) is 17.0 Å². The van der Waals surface area contributed by atoms with Gasteiger partial charge in [-0.25, -0.2) is 0 Å². The van der Waals surface area contributed by atoms with Crippen LogP contribution < -0.4 is 5.32 Å². The lowest BCUT2D eigenvalue weighted by Gasteiger charge is -2.27. The van der Waals surface area contributed by atoms with Gasteiger partial charge in [0.05, 0.1) is 10.9 Å². The lowest BCUT2D eigenvalue weighted by atomic mass is 9.86. The molecule has 0 unspecified atom stereocenters.